The first-order valence-corrected chi connectivity index (χ1v) is 6.95. The molecule has 0 fully saturated rings. The van der Waals surface area contributed by atoms with Gasteiger partial charge in [0.05, 0.1) is 7.11 Å². The van der Waals surface area contributed by atoms with Crippen LogP contribution in [0, 0.1) is 0 Å². The summed E-state index contributed by atoms with van der Waals surface area (Å²) in [5, 5.41) is 2.61. The zero-order chi connectivity index (χ0) is 14.8. The Kier molecular flexibility index (Phi) is 7.65. The minimum atomic E-state index is -1.63. The normalized spacial score (nSPS) is 11.9. The maximum absolute atomic E-state index is 13.9. The van der Waals surface area contributed by atoms with Crippen molar-refractivity contribution in [2.75, 3.05) is 20.2 Å². The molecule has 5 heteroatoms. The van der Waals surface area contributed by atoms with Crippen LogP contribution in [0.15, 0.2) is 24.3 Å². The van der Waals surface area contributed by atoms with Crippen molar-refractivity contribution in [3.05, 3.63) is 29.8 Å². The number of hydrogen-bond donors (Lipinski definition) is 2. The van der Waals surface area contributed by atoms with Crippen molar-refractivity contribution < 1.29 is 13.9 Å². The van der Waals surface area contributed by atoms with E-state index in [0.29, 0.717) is 24.4 Å². The molecular formula is C15H23FN2O2. The van der Waals surface area contributed by atoms with Crippen LogP contribution in [0.3, 0.4) is 0 Å². The predicted octanol–water partition coefficient (Wildman–Crippen LogP) is 2.34. The molecule has 1 aromatic rings. The molecule has 0 saturated carbocycles. The van der Waals surface area contributed by atoms with E-state index in [2.05, 4.69) is 5.32 Å². The minimum Gasteiger partial charge on any atom is -0.497 e. The van der Waals surface area contributed by atoms with Crippen molar-refractivity contribution in [2.24, 2.45) is 5.73 Å². The summed E-state index contributed by atoms with van der Waals surface area (Å²) in [6, 6.07) is 6.40. The molecule has 1 amide bonds. The number of unbranched alkanes of at least 4 members (excludes halogenated alkanes) is 3. The third kappa shape index (κ3) is 5.57. The van der Waals surface area contributed by atoms with Crippen LogP contribution in [-0.2, 0) is 4.79 Å². The lowest BCUT2D eigenvalue weighted by molar-refractivity contribution is -0.126. The first-order valence-electron chi connectivity index (χ1n) is 6.95. The third-order valence-corrected chi connectivity index (χ3v) is 3.07. The molecule has 20 heavy (non-hydrogen) atoms. The van der Waals surface area contributed by atoms with Crippen molar-refractivity contribution in [3.8, 4) is 5.75 Å². The molecule has 1 rings (SSSR count). The smallest absolute Gasteiger partial charge is 0.259 e. The molecule has 0 heterocycles. The molecule has 0 spiro atoms. The first kappa shape index (κ1) is 16.4. The maximum Gasteiger partial charge on any atom is 0.259 e. The SMILES string of the molecule is COc1ccc(C(F)C(=O)NCCCCCCN)cc1. The Bertz CT molecular complexity index is 395. The Morgan fingerprint density at radius 2 is 1.90 bits per heavy atom. The average molecular weight is 282 g/mol. The zero-order valence-electron chi connectivity index (χ0n) is 11.9. The van der Waals surface area contributed by atoms with Gasteiger partial charge < -0.3 is 15.8 Å². The molecule has 0 aliphatic rings. The van der Waals surface area contributed by atoms with E-state index < -0.39 is 12.1 Å². The summed E-state index contributed by atoms with van der Waals surface area (Å²) in [6.45, 7) is 1.19. The van der Waals surface area contributed by atoms with Gasteiger partial charge in [-0.25, -0.2) is 4.39 Å². The second kappa shape index (κ2) is 9.31. The fourth-order valence-corrected chi connectivity index (χ4v) is 1.85. The number of rotatable bonds is 9. The fraction of sp³-hybridized carbons (Fsp3) is 0.533. The van der Waals surface area contributed by atoms with E-state index in [-0.39, 0.29) is 0 Å². The van der Waals surface area contributed by atoms with Gasteiger partial charge in [0, 0.05) is 6.54 Å². The summed E-state index contributed by atoms with van der Waals surface area (Å²) in [5.41, 5.74) is 5.73. The molecular weight excluding hydrogens is 259 g/mol. The highest BCUT2D eigenvalue weighted by molar-refractivity contribution is 5.82. The molecule has 0 saturated heterocycles. The van der Waals surface area contributed by atoms with E-state index in [1.165, 1.54) is 0 Å². The Hall–Kier alpha value is -1.62. The summed E-state index contributed by atoms with van der Waals surface area (Å²) < 4.78 is 18.9. The number of hydrogen-bond acceptors (Lipinski definition) is 3. The van der Waals surface area contributed by atoms with Crippen molar-refractivity contribution in [1.82, 2.24) is 5.32 Å². The number of ether oxygens (including phenoxy) is 1. The van der Waals surface area contributed by atoms with Crippen molar-refractivity contribution in [3.63, 3.8) is 0 Å². The molecule has 1 atom stereocenters. The van der Waals surface area contributed by atoms with Crippen LogP contribution in [0.1, 0.15) is 37.4 Å². The zero-order valence-corrected chi connectivity index (χ0v) is 11.9. The van der Waals surface area contributed by atoms with Gasteiger partial charge in [-0.05, 0) is 37.1 Å². The van der Waals surface area contributed by atoms with Crippen LogP contribution >= 0.6 is 0 Å². The van der Waals surface area contributed by atoms with Gasteiger partial charge in [0.15, 0.2) is 0 Å². The van der Waals surface area contributed by atoms with Crippen LogP contribution in [0.2, 0.25) is 0 Å². The van der Waals surface area contributed by atoms with Crippen LogP contribution in [0.25, 0.3) is 0 Å². The number of alkyl halides is 1. The number of nitrogens with one attached hydrogen (secondary N) is 1. The van der Waals surface area contributed by atoms with Gasteiger partial charge >= 0.3 is 0 Å². The maximum atomic E-state index is 13.9. The van der Waals surface area contributed by atoms with Gasteiger partial charge in [-0.2, -0.15) is 0 Å². The van der Waals surface area contributed by atoms with Gasteiger partial charge in [0.2, 0.25) is 6.17 Å². The van der Waals surface area contributed by atoms with Crippen molar-refractivity contribution in [2.45, 2.75) is 31.9 Å². The molecule has 112 valence electrons. The largest absolute Gasteiger partial charge is 0.497 e. The van der Waals surface area contributed by atoms with Crippen LogP contribution in [0.5, 0.6) is 5.75 Å². The Balaban J connectivity index is 2.31. The molecule has 0 aliphatic carbocycles. The standard InChI is InChI=1S/C15H23FN2O2/c1-20-13-8-6-12(7-9-13)14(16)15(19)18-11-5-3-2-4-10-17/h6-9,14H,2-5,10-11,17H2,1H3,(H,18,19). The number of methoxy groups -OCH3 is 1. The average Bonchev–Trinajstić information content (AvgIpc) is 2.50. The monoisotopic (exact) mass is 282 g/mol. The van der Waals surface area contributed by atoms with Gasteiger partial charge in [-0.3, -0.25) is 4.79 Å². The minimum absolute atomic E-state index is 0.339. The second-order valence-electron chi connectivity index (χ2n) is 4.63. The number of amides is 1. The summed E-state index contributed by atoms with van der Waals surface area (Å²) in [7, 11) is 1.54. The van der Waals surface area contributed by atoms with Crippen LogP contribution in [-0.4, -0.2) is 26.1 Å². The van der Waals surface area contributed by atoms with E-state index in [1.807, 2.05) is 0 Å². The highest BCUT2D eigenvalue weighted by atomic mass is 19.1. The lowest BCUT2D eigenvalue weighted by atomic mass is 10.1. The topological polar surface area (TPSA) is 64.3 Å². The van der Waals surface area contributed by atoms with Gasteiger partial charge in [0.1, 0.15) is 5.75 Å². The number of carbonyl (C=O) groups excluding carboxylic acids is 1. The molecule has 0 bridgehead atoms. The lowest BCUT2D eigenvalue weighted by Gasteiger charge is -2.10. The molecule has 1 unspecified atom stereocenters. The van der Waals surface area contributed by atoms with Gasteiger partial charge in [-0.1, -0.05) is 25.0 Å². The van der Waals surface area contributed by atoms with E-state index in [4.69, 9.17) is 10.5 Å². The van der Waals surface area contributed by atoms with Crippen molar-refractivity contribution >= 4 is 5.91 Å². The van der Waals surface area contributed by atoms with Gasteiger partial charge in [-0.15, -0.1) is 0 Å². The summed E-state index contributed by atoms with van der Waals surface area (Å²) in [5.74, 6) is 0.0512. The third-order valence-electron chi connectivity index (χ3n) is 3.07. The number of benzene rings is 1. The quantitative estimate of drug-likeness (QED) is 0.683. The molecule has 0 radical (unpaired) electrons. The molecule has 4 nitrogen and oxygen atoms in total. The molecule has 1 aromatic carbocycles. The lowest BCUT2D eigenvalue weighted by Crippen LogP contribution is -2.28. The van der Waals surface area contributed by atoms with E-state index in [9.17, 15) is 9.18 Å². The number of halogens is 1. The Morgan fingerprint density at radius 3 is 2.50 bits per heavy atom. The first-order chi connectivity index (χ1) is 9.69. The van der Waals surface area contributed by atoms with Crippen LogP contribution < -0.4 is 15.8 Å². The van der Waals surface area contributed by atoms with Crippen molar-refractivity contribution in [1.29, 1.82) is 0 Å². The van der Waals surface area contributed by atoms with E-state index >= 15 is 0 Å². The Morgan fingerprint density at radius 1 is 1.25 bits per heavy atom. The summed E-state index contributed by atoms with van der Waals surface area (Å²) in [6.07, 6.45) is 2.25. The molecule has 3 N–H and O–H groups in total. The molecule has 0 aliphatic heterocycles. The summed E-state index contributed by atoms with van der Waals surface area (Å²) >= 11 is 0. The number of nitrogens with two attached hydrogens (primary N) is 1. The van der Waals surface area contributed by atoms with E-state index in [0.717, 1.165) is 25.7 Å². The summed E-state index contributed by atoms with van der Waals surface area (Å²) in [4.78, 5) is 11.6. The second-order valence-corrected chi connectivity index (χ2v) is 4.63. The Labute approximate surface area is 119 Å². The highest BCUT2D eigenvalue weighted by Crippen LogP contribution is 2.20. The van der Waals surface area contributed by atoms with Gasteiger partial charge in [0.25, 0.3) is 5.91 Å². The highest BCUT2D eigenvalue weighted by Gasteiger charge is 2.18. The van der Waals surface area contributed by atoms with Crippen LogP contribution in [0.4, 0.5) is 4.39 Å². The number of carbonyl (C=O) groups is 1. The molecule has 0 aromatic heterocycles. The fourth-order valence-electron chi connectivity index (χ4n) is 1.85. The predicted molar refractivity (Wildman–Crippen MR) is 77.4 cm³/mol. The van der Waals surface area contributed by atoms with E-state index in [1.54, 1.807) is 31.4 Å².